The van der Waals surface area contributed by atoms with Gasteiger partial charge in [0.1, 0.15) is 5.69 Å². The minimum Gasteiger partial charge on any atom is -0.394 e. The molecule has 0 bridgehead atoms. The zero-order chi connectivity index (χ0) is 11.6. The average molecular weight is 187 g/mol. The molecule has 6 heteroatoms. The Morgan fingerprint density at radius 2 is 2.62 bits per heavy atom. The largest absolute Gasteiger partial charge is 0.394 e. The molecule has 1 aromatic rings. The molecule has 1 aromatic heterocycles. The van der Waals surface area contributed by atoms with Crippen molar-refractivity contribution in [3.63, 3.8) is 0 Å². The molecular weight excluding hydrogens is 174 g/mol. The van der Waals surface area contributed by atoms with Gasteiger partial charge in [-0.3, -0.25) is 9.48 Å². The monoisotopic (exact) mass is 187 g/mol. The number of hydrogen-bond donors (Lipinski definition) is 3. The summed E-state index contributed by atoms with van der Waals surface area (Å²) < 4.78 is 15.6. The van der Waals surface area contributed by atoms with Crippen LogP contribution >= 0.6 is 0 Å². The Kier molecular flexibility index (Phi) is 2.18. The Labute approximate surface area is 77.4 Å². The normalized spacial score (nSPS) is 16.2. The standard InChI is InChI=1S/C7H11N3O3/c8-7(13)6-1-2-10(9-6)3-5(12)4-11/h1-2,5,11-12H,3-4H2,(H2,8,13)/t5-/m1/s1/i3D2. The van der Waals surface area contributed by atoms with E-state index >= 15 is 0 Å². The molecule has 1 rings (SSSR count). The van der Waals surface area contributed by atoms with E-state index in [4.69, 9.17) is 13.6 Å². The maximum atomic E-state index is 10.7. The van der Waals surface area contributed by atoms with Crippen LogP contribution < -0.4 is 5.73 Å². The van der Waals surface area contributed by atoms with E-state index in [9.17, 15) is 9.90 Å². The lowest BCUT2D eigenvalue weighted by atomic mass is 10.4. The summed E-state index contributed by atoms with van der Waals surface area (Å²) in [6.45, 7) is -3.04. The van der Waals surface area contributed by atoms with Crippen LogP contribution in [0, 0.1) is 0 Å². The van der Waals surface area contributed by atoms with E-state index in [1.165, 1.54) is 12.3 Å². The smallest absolute Gasteiger partial charge is 0.269 e. The number of carbonyl (C=O) groups excluding carboxylic acids is 1. The molecule has 1 heterocycles. The highest BCUT2D eigenvalue weighted by atomic mass is 16.3. The third-order valence-corrected chi connectivity index (χ3v) is 1.30. The fourth-order valence-electron chi connectivity index (χ4n) is 0.721. The van der Waals surface area contributed by atoms with Gasteiger partial charge in [-0.05, 0) is 6.07 Å². The van der Waals surface area contributed by atoms with E-state index in [1.807, 2.05) is 0 Å². The fourth-order valence-corrected chi connectivity index (χ4v) is 0.721. The Bertz CT molecular complexity index is 366. The van der Waals surface area contributed by atoms with Gasteiger partial charge in [0, 0.05) is 6.20 Å². The molecule has 0 fully saturated rings. The van der Waals surface area contributed by atoms with Gasteiger partial charge in [0.15, 0.2) is 0 Å². The lowest BCUT2D eigenvalue weighted by Crippen LogP contribution is -2.21. The van der Waals surface area contributed by atoms with Gasteiger partial charge in [-0.2, -0.15) is 5.10 Å². The quantitative estimate of drug-likeness (QED) is 0.524. The van der Waals surface area contributed by atoms with Gasteiger partial charge in [0.05, 0.1) is 21.9 Å². The first-order valence-electron chi connectivity index (χ1n) is 4.54. The number of carbonyl (C=O) groups is 1. The van der Waals surface area contributed by atoms with Crippen LogP contribution in [0.1, 0.15) is 13.2 Å². The summed E-state index contributed by atoms with van der Waals surface area (Å²) in [6, 6.07) is 1.23. The van der Waals surface area contributed by atoms with Crippen molar-refractivity contribution in [2.24, 2.45) is 5.73 Å². The molecule has 0 saturated heterocycles. The first-order valence-corrected chi connectivity index (χ1v) is 3.54. The maximum Gasteiger partial charge on any atom is 0.269 e. The lowest BCUT2D eigenvalue weighted by Gasteiger charge is -2.05. The number of aromatic nitrogens is 2. The first-order chi connectivity index (χ1) is 6.89. The molecule has 13 heavy (non-hydrogen) atoms. The minimum absolute atomic E-state index is 0.107. The Morgan fingerprint density at radius 3 is 3.08 bits per heavy atom. The average Bonchev–Trinajstić information content (AvgIpc) is 2.65. The summed E-state index contributed by atoms with van der Waals surface area (Å²) in [5.74, 6) is -0.789. The molecule has 1 amide bonds. The second kappa shape index (κ2) is 4.01. The van der Waals surface area contributed by atoms with Crippen LogP contribution in [0.2, 0.25) is 0 Å². The van der Waals surface area contributed by atoms with Crippen LogP contribution in [-0.2, 0) is 6.50 Å². The van der Waals surface area contributed by atoms with E-state index < -0.39 is 25.1 Å². The van der Waals surface area contributed by atoms with Crippen molar-refractivity contribution in [3.8, 4) is 0 Å². The Morgan fingerprint density at radius 1 is 1.92 bits per heavy atom. The summed E-state index contributed by atoms with van der Waals surface area (Å²) in [5, 5.41) is 21.4. The van der Waals surface area contributed by atoms with Crippen LogP contribution in [0.4, 0.5) is 0 Å². The summed E-state index contributed by atoms with van der Waals surface area (Å²) >= 11 is 0. The van der Waals surface area contributed by atoms with Crippen molar-refractivity contribution < 1.29 is 17.7 Å². The van der Waals surface area contributed by atoms with E-state index in [-0.39, 0.29) is 5.69 Å². The molecular formula is C7H11N3O3. The third kappa shape index (κ3) is 2.53. The highest BCUT2D eigenvalue weighted by Gasteiger charge is 2.07. The second-order valence-electron chi connectivity index (χ2n) is 2.34. The van der Waals surface area contributed by atoms with Crippen LogP contribution in [0.5, 0.6) is 0 Å². The zero-order valence-corrected chi connectivity index (χ0v) is 6.71. The molecule has 0 saturated carbocycles. The van der Waals surface area contributed by atoms with Gasteiger partial charge in [0.25, 0.3) is 5.91 Å². The van der Waals surface area contributed by atoms with Crippen LogP contribution in [0.3, 0.4) is 0 Å². The summed E-state index contributed by atoms with van der Waals surface area (Å²) in [7, 11) is 0. The molecule has 6 nitrogen and oxygen atoms in total. The van der Waals surface area contributed by atoms with E-state index in [2.05, 4.69) is 5.10 Å². The number of primary amides is 1. The number of amides is 1. The molecule has 0 unspecified atom stereocenters. The van der Waals surface area contributed by atoms with Crippen molar-refractivity contribution in [2.45, 2.75) is 12.6 Å². The molecule has 0 aliphatic carbocycles. The zero-order valence-electron chi connectivity index (χ0n) is 8.71. The minimum atomic E-state index is -2.29. The van der Waals surface area contributed by atoms with Crippen molar-refractivity contribution in [1.82, 2.24) is 9.78 Å². The molecule has 1 atom stereocenters. The van der Waals surface area contributed by atoms with Gasteiger partial charge in [-0.15, -0.1) is 0 Å². The van der Waals surface area contributed by atoms with E-state index in [0.717, 1.165) is 4.68 Å². The fraction of sp³-hybridized carbons (Fsp3) is 0.429. The predicted octanol–water partition coefficient (Wildman–Crippen LogP) is -1.66. The lowest BCUT2D eigenvalue weighted by molar-refractivity contribution is 0.0779. The molecule has 0 aliphatic heterocycles. The summed E-state index contributed by atoms with van der Waals surface area (Å²) in [6.07, 6.45) is -0.461. The van der Waals surface area contributed by atoms with Gasteiger partial charge in [0.2, 0.25) is 0 Å². The molecule has 0 aromatic carbocycles. The molecule has 72 valence electrons. The van der Waals surface area contributed by atoms with Crippen LogP contribution in [-0.4, -0.2) is 38.6 Å². The van der Waals surface area contributed by atoms with Crippen molar-refractivity contribution in [2.75, 3.05) is 6.61 Å². The number of aliphatic hydroxyl groups is 2. The van der Waals surface area contributed by atoms with Crippen LogP contribution in [0.25, 0.3) is 0 Å². The predicted molar refractivity (Wildman–Crippen MR) is 43.8 cm³/mol. The van der Waals surface area contributed by atoms with Gasteiger partial charge in [-0.25, -0.2) is 0 Å². The maximum absolute atomic E-state index is 10.7. The first kappa shape index (κ1) is 7.05. The van der Waals surface area contributed by atoms with Crippen molar-refractivity contribution >= 4 is 5.91 Å². The summed E-state index contributed by atoms with van der Waals surface area (Å²) in [5.41, 5.74) is 4.82. The van der Waals surface area contributed by atoms with E-state index in [0.29, 0.717) is 0 Å². The van der Waals surface area contributed by atoms with Crippen molar-refractivity contribution in [1.29, 1.82) is 0 Å². The number of nitrogens with two attached hydrogens (primary N) is 1. The van der Waals surface area contributed by atoms with Gasteiger partial charge in [-0.1, -0.05) is 0 Å². The third-order valence-electron chi connectivity index (χ3n) is 1.30. The van der Waals surface area contributed by atoms with Gasteiger partial charge < -0.3 is 15.9 Å². The Balaban J connectivity index is 3.00. The number of aliphatic hydroxyl groups excluding tert-OH is 2. The highest BCUT2D eigenvalue weighted by Crippen LogP contribution is 1.95. The summed E-state index contributed by atoms with van der Waals surface area (Å²) in [4.78, 5) is 10.7. The number of nitrogens with zero attached hydrogens (tertiary/aromatic N) is 2. The van der Waals surface area contributed by atoms with Crippen molar-refractivity contribution in [3.05, 3.63) is 18.0 Å². The molecule has 0 radical (unpaired) electrons. The SMILES string of the molecule is [2H]C([2H])([C@@H](O)CO)n1ccc(C(N)=O)n1. The molecule has 4 N–H and O–H groups in total. The topological polar surface area (TPSA) is 101 Å². The number of rotatable bonds is 4. The van der Waals surface area contributed by atoms with Crippen LogP contribution in [0.15, 0.2) is 12.3 Å². The molecule has 0 aliphatic rings. The second-order valence-corrected chi connectivity index (χ2v) is 2.34. The van der Waals surface area contributed by atoms with E-state index in [1.54, 1.807) is 0 Å². The molecule has 0 spiro atoms. The highest BCUT2D eigenvalue weighted by molar-refractivity contribution is 5.90. The number of hydrogen-bond acceptors (Lipinski definition) is 4. The Hall–Kier alpha value is -1.40. The van der Waals surface area contributed by atoms with Gasteiger partial charge >= 0.3 is 0 Å².